The van der Waals surface area contributed by atoms with Crippen LogP contribution in [0.4, 0.5) is 0 Å². The van der Waals surface area contributed by atoms with Crippen LogP contribution in [-0.2, 0) is 4.74 Å². The van der Waals surface area contributed by atoms with Crippen LogP contribution in [0.2, 0.25) is 0 Å². The fourth-order valence-corrected chi connectivity index (χ4v) is 2.85. The van der Waals surface area contributed by atoms with Gasteiger partial charge < -0.3 is 10.1 Å². The van der Waals surface area contributed by atoms with E-state index in [2.05, 4.69) is 17.1 Å². The van der Waals surface area contributed by atoms with Crippen molar-refractivity contribution in [3.8, 4) is 0 Å². The molecule has 1 N–H and O–H groups in total. The number of hydrogen-bond acceptors (Lipinski definition) is 3. The van der Waals surface area contributed by atoms with Gasteiger partial charge in [-0.3, -0.25) is 0 Å². The lowest BCUT2D eigenvalue weighted by Gasteiger charge is -2.22. The Bertz CT molecular complexity index is 126. The van der Waals surface area contributed by atoms with E-state index in [0.717, 1.165) is 12.5 Å². The zero-order valence-corrected chi connectivity index (χ0v) is 10.1. The Balaban J connectivity index is 1.82. The van der Waals surface area contributed by atoms with Crippen molar-refractivity contribution in [3.05, 3.63) is 0 Å². The number of piperidine rings is 1. The van der Waals surface area contributed by atoms with Gasteiger partial charge in [0.05, 0.1) is 0 Å². The summed E-state index contributed by atoms with van der Waals surface area (Å²) in [6, 6.07) is 0. The fraction of sp³-hybridized carbons (Fsp3) is 1.00. The lowest BCUT2D eigenvalue weighted by molar-refractivity contribution is 0.200. The summed E-state index contributed by atoms with van der Waals surface area (Å²) in [5.41, 5.74) is 0. The van der Waals surface area contributed by atoms with Crippen molar-refractivity contribution < 1.29 is 4.74 Å². The number of nitrogens with one attached hydrogen (secondary N) is 1. The number of methoxy groups -OCH3 is 1. The highest BCUT2D eigenvalue weighted by Crippen LogP contribution is 2.18. The van der Waals surface area contributed by atoms with Crippen LogP contribution in [0, 0.1) is 5.92 Å². The van der Waals surface area contributed by atoms with Crippen molar-refractivity contribution in [1.82, 2.24) is 5.32 Å². The van der Waals surface area contributed by atoms with Crippen LogP contribution in [-0.4, -0.2) is 38.3 Å². The highest BCUT2D eigenvalue weighted by Gasteiger charge is 2.11. The van der Waals surface area contributed by atoms with Crippen molar-refractivity contribution >= 4 is 11.8 Å². The average Bonchev–Trinajstić information content (AvgIpc) is 2.25. The van der Waals surface area contributed by atoms with E-state index in [1.807, 2.05) is 0 Å². The van der Waals surface area contributed by atoms with Gasteiger partial charge in [-0.1, -0.05) is 0 Å². The molecule has 3 heteroatoms. The standard InChI is InChI=1S/C11H23NOS/c1-13-8-2-9-14-10-5-11-3-6-12-7-4-11/h11-12H,2-10H2,1H3. The van der Waals surface area contributed by atoms with Crippen LogP contribution >= 0.6 is 11.8 Å². The number of thioether (sulfide) groups is 1. The summed E-state index contributed by atoms with van der Waals surface area (Å²) in [6.07, 6.45) is 5.39. The van der Waals surface area contributed by atoms with Crippen molar-refractivity contribution in [2.45, 2.75) is 25.7 Å². The summed E-state index contributed by atoms with van der Waals surface area (Å²) in [4.78, 5) is 0. The first-order valence-corrected chi connectivity index (χ1v) is 6.86. The summed E-state index contributed by atoms with van der Waals surface area (Å²) in [6.45, 7) is 3.39. The van der Waals surface area contributed by atoms with E-state index in [9.17, 15) is 0 Å². The second kappa shape index (κ2) is 8.57. The van der Waals surface area contributed by atoms with Gasteiger partial charge in [0.1, 0.15) is 0 Å². The van der Waals surface area contributed by atoms with Crippen LogP contribution < -0.4 is 5.32 Å². The smallest absolute Gasteiger partial charge is 0.0470 e. The Kier molecular flexibility index (Phi) is 7.55. The third-order valence-corrected chi connectivity index (χ3v) is 3.87. The molecular formula is C11H23NOS. The van der Waals surface area contributed by atoms with Crippen molar-refractivity contribution in [3.63, 3.8) is 0 Å². The second-order valence-electron chi connectivity index (χ2n) is 3.94. The maximum absolute atomic E-state index is 5.02. The molecule has 0 saturated carbocycles. The second-order valence-corrected chi connectivity index (χ2v) is 5.17. The number of rotatable bonds is 7. The number of hydrogen-bond donors (Lipinski definition) is 1. The topological polar surface area (TPSA) is 21.3 Å². The van der Waals surface area contributed by atoms with E-state index >= 15 is 0 Å². The lowest BCUT2D eigenvalue weighted by Crippen LogP contribution is -2.27. The van der Waals surface area contributed by atoms with Gasteiger partial charge in [-0.05, 0) is 56.2 Å². The monoisotopic (exact) mass is 217 g/mol. The van der Waals surface area contributed by atoms with Gasteiger partial charge in [-0.2, -0.15) is 11.8 Å². The minimum Gasteiger partial charge on any atom is -0.385 e. The van der Waals surface area contributed by atoms with Gasteiger partial charge in [0.15, 0.2) is 0 Å². The van der Waals surface area contributed by atoms with Crippen molar-refractivity contribution in [1.29, 1.82) is 0 Å². The maximum Gasteiger partial charge on any atom is 0.0470 e. The van der Waals surface area contributed by atoms with Crippen molar-refractivity contribution in [2.24, 2.45) is 5.92 Å². The molecule has 0 amide bonds. The van der Waals surface area contributed by atoms with Crippen molar-refractivity contribution in [2.75, 3.05) is 38.3 Å². The molecule has 2 nitrogen and oxygen atoms in total. The zero-order chi connectivity index (χ0) is 10.1. The Hall–Kier alpha value is 0.270. The molecule has 0 aromatic carbocycles. The Labute approximate surface area is 92.2 Å². The van der Waals surface area contributed by atoms with E-state index < -0.39 is 0 Å². The summed E-state index contributed by atoms with van der Waals surface area (Å²) in [5, 5.41) is 3.41. The molecular weight excluding hydrogens is 194 g/mol. The zero-order valence-electron chi connectivity index (χ0n) is 9.26. The van der Waals surface area contributed by atoms with E-state index in [0.29, 0.717) is 0 Å². The van der Waals surface area contributed by atoms with Crippen LogP contribution in [0.3, 0.4) is 0 Å². The predicted octanol–water partition coefficient (Wildman–Crippen LogP) is 2.15. The molecule has 0 spiro atoms. The Morgan fingerprint density at radius 2 is 2.07 bits per heavy atom. The molecule has 0 aliphatic carbocycles. The van der Waals surface area contributed by atoms with E-state index in [-0.39, 0.29) is 0 Å². The molecule has 1 saturated heterocycles. The van der Waals surface area contributed by atoms with Gasteiger partial charge in [0.25, 0.3) is 0 Å². The molecule has 0 atom stereocenters. The van der Waals surface area contributed by atoms with Gasteiger partial charge >= 0.3 is 0 Å². The third kappa shape index (κ3) is 5.89. The van der Waals surface area contributed by atoms with Gasteiger partial charge in [-0.25, -0.2) is 0 Å². The highest BCUT2D eigenvalue weighted by atomic mass is 32.2. The molecule has 1 aliphatic rings. The first kappa shape index (κ1) is 12.3. The molecule has 84 valence electrons. The van der Waals surface area contributed by atoms with E-state index in [4.69, 9.17) is 4.74 Å². The summed E-state index contributed by atoms with van der Waals surface area (Å²) < 4.78 is 5.02. The largest absolute Gasteiger partial charge is 0.385 e. The summed E-state index contributed by atoms with van der Waals surface area (Å²) >= 11 is 2.09. The third-order valence-electron chi connectivity index (χ3n) is 2.77. The molecule has 14 heavy (non-hydrogen) atoms. The SMILES string of the molecule is COCCCSCCC1CCNCC1. The lowest BCUT2D eigenvalue weighted by atomic mass is 9.96. The number of ether oxygens (including phenoxy) is 1. The quantitative estimate of drug-likeness (QED) is 0.660. The van der Waals surface area contributed by atoms with E-state index in [1.165, 1.54) is 50.3 Å². The highest BCUT2D eigenvalue weighted by molar-refractivity contribution is 7.99. The van der Waals surface area contributed by atoms with E-state index in [1.54, 1.807) is 7.11 Å². The molecule has 0 aromatic rings. The van der Waals surface area contributed by atoms with Gasteiger partial charge in [0, 0.05) is 13.7 Å². The first-order valence-electron chi connectivity index (χ1n) is 5.71. The molecule has 1 aliphatic heterocycles. The minimum absolute atomic E-state index is 0.917. The van der Waals surface area contributed by atoms with Gasteiger partial charge in [0.2, 0.25) is 0 Å². The van der Waals surface area contributed by atoms with Crippen LogP contribution in [0.5, 0.6) is 0 Å². The molecule has 0 aromatic heterocycles. The molecule has 1 rings (SSSR count). The Morgan fingerprint density at radius 1 is 1.29 bits per heavy atom. The average molecular weight is 217 g/mol. The predicted molar refractivity (Wildman–Crippen MR) is 64.0 cm³/mol. The molecule has 0 bridgehead atoms. The summed E-state index contributed by atoms with van der Waals surface area (Å²) in [7, 11) is 1.78. The molecule has 1 heterocycles. The van der Waals surface area contributed by atoms with Crippen LogP contribution in [0.15, 0.2) is 0 Å². The fourth-order valence-electron chi connectivity index (χ4n) is 1.83. The maximum atomic E-state index is 5.02. The first-order chi connectivity index (χ1) is 6.93. The molecule has 0 radical (unpaired) electrons. The molecule has 1 fully saturated rings. The minimum atomic E-state index is 0.917. The normalized spacial score (nSPS) is 18.6. The van der Waals surface area contributed by atoms with Crippen LogP contribution in [0.1, 0.15) is 25.7 Å². The summed E-state index contributed by atoms with van der Waals surface area (Å²) in [5.74, 6) is 3.60. The van der Waals surface area contributed by atoms with Gasteiger partial charge in [-0.15, -0.1) is 0 Å². The van der Waals surface area contributed by atoms with Crippen LogP contribution in [0.25, 0.3) is 0 Å². The Morgan fingerprint density at radius 3 is 2.79 bits per heavy atom. The molecule has 0 unspecified atom stereocenters.